The van der Waals surface area contributed by atoms with Crippen molar-refractivity contribution in [3.8, 4) is 11.5 Å². The van der Waals surface area contributed by atoms with Crippen molar-refractivity contribution in [2.45, 2.75) is 18.9 Å². The van der Waals surface area contributed by atoms with Crippen molar-refractivity contribution >= 4 is 12.0 Å². The summed E-state index contributed by atoms with van der Waals surface area (Å²) in [5.74, 6) is 1.34. The monoisotopic (exact) mass is 275 g/mol. The second-order valence-corrected chi connectivity index (χ2v) is 4.83. The Labute approximate surface area is 117 Å². The fraction of sp³-hybridized carbons (Fsp3) is 0.400. The number of hydrogen-bond donors (Lipinski definition) is 1. The van der Waals surface area contributed by atoms with E-state index < -0.39 is 0 Å². The highest BCUT2D eigenvalue weighted by molar-refractivity contribution is 5.91. The Morgan fingerprint density at radius 2 is 2.25 bits per heavy atom. The van der Waals surface area contributed by atoms with Gasteiger partial charge in [-0.2, -0.15) is 0 Å². The van der Waals surface area contributed by atoms with Crippen LogP contribution in [0, 0.1) is 0 Å². The average Bonchev–Trinajstić information content (AvgIpc) is 3.13. The van der Waals surface area contributed by atoms with Crippen LogP contribution in [0.25, 0.3) is 6.08 Å². The van der Waals surface area contributed by atoms with Crippen LogP contribution in [-0.2, 0) is 9.53 Å². The second-order valence-electron chi connectivity index (χ2n) is 4.83. The molecule has 2 aliphatic heterocycles. The number of hydrogen-bond acceptors (Lipinski definition) is 4. The van der Waals surface area contributed by atoms with Crippen molar-refractivity contribution in [3.63, 3.8) is 0 Å². The van der Waals surface area contributed by atoms with Gasteiger partial charge in [-0.3, -0.25) is 4.79 Å². The number of nitrogens with one attached hydrogen (secondary N) is 1. The summed E-state index contributed by atoms with van der Waals surface area (Å²) < 4.78 is 16.0. The summed E-state index contributed by atoms with van der Waals surface area (Å²) in [6, 6.07) is 5.58. The fourth-order valence-electron chi connectivity index (χ4n) is 2.27. The van der Waals surface area contributed by atoms with Gasteiger partial charge in [-0.1, -0.05) is 6.07 Å². The molecular weight excluding hydrogens is 258 g/mol. The fourth-order valence-corrected chi connectivity index (χ4v) is 2.27. The Bertz CT molecular complexity index is 521. The lowest BCUT2D eigenvalue weighted by Gasteiger charge is -2.08. The summed E-state index contributed by atoms with van der Waals surface area (Å²) in [5.41, 5.74) is 0.904. The van der Waals surface area contributed by atoms with Crippen molar-refractivity contribution in [1.29, 1.82) is 0 Å². The van der Waals surface area contributed by atoms with E-state index in [1.165, 1.54) is 6.08 Å². The minimum atomic E-state index is -0.113. The van der Waals surface area contributed by atoms with E-state index in [0.717, 1.165) is 30.8 Å². The van der Waals surface area contributed by atoms with Gasteiger partial charge in [0.2, 0.25) is 12.7 Å². The van der Waals surface area contributed by atoms with Gasteiger partial charge in [0, 0.05) is 19.2 Å². The molecule has 5 heteroatoms. The third kappa shape index (κ3) is 3.11. The first kappa shape index (κ1) is 13.0. The van der Waals surface area contributed by atoms with Crippen LogP contribution in [0.5, 0.6) is 11.5 Å². The minimum absolute atomic E-state index is 0.113. The van der Waals surface area contributed by atoms with Crippen molar-refractivity contribution in [2.75, 3.05) is 19.9 Å². The molecule has 0 radical (unpaired) electrons. The van der Waals surface area contributed by atoms with E-state index >= 15 is 0 Å². The first-order chi connectivity index (χ1) is 9.81. The maximum absolute atomic E-state index is 11.7. The van der Waals surface area contributed by atoms with E-state index in [2.05, 4.69) is 5.32 Å². The van der Waals surface area contributed by atoms with Crippen LogP contribution in [0.15, 0.2) is 24.3 Å². The van der Waals surface area contributed by atoms with E-state index in [4.69, 9.17) is 14.2 Å². The number of carbonyl (C=O) groups excluding carboxylic acids is 1. The van der Waals surface area contributed by atoms with Crippen LogP contribution in [-0.4, -0.2) is 32.0 Å². The molecule has 3 rings (SSSR count). The van der Waals surface area contributed by atoms with Crippen LogP contribution in [0.3, 0.4) is 0 Å². The highest BCUT2D eigenvalue weighted by atomic mass is 16.7. The van der Waals surface area contributed by atoms with E-state index in [1.807, 2.05) is 18.2 Å². The van der Waals surface area contributed by atoms with Gasteiger partial charge >= 0.3 is 0 Å². The zero-order chi connectivity index (χ0) is 13.8. The van der Waals surface area contributed by atoms with E-state index in [0.29, 0.717) is 12.3 Å². The van der Waals surface area contributed by atoms with Crippen LogP contribution in [0.4, 0.5) is 0 Å². The van der Waals surface area contributed by atoms with Crippen LogP contribution < -0.4 is 14.8 Å². The molecule has 1 amide bonds. The van der Waals surface area contributed by atoms with E-state index in [9.17, 15) is 4.79 Å². The van der Waals surface area contributed by atoms with Gasteiger partial charge < -0.3 is 19.5 Å². The van der Waals surface area contributed by atoms with Gasteiger partial charge in [0.25, 0.3) is 0 Å². The van der Waals surface area contributed by atoms with Crippen LogP contribution in [0.2, 0.25) is 0 Å². The molecule has 0 aliphatic carbocycles. The smallest absolute Gasteiger partial charge is 0.244 e. The summed E-state index contributed by atoms with van der Waals surface area (Å²) in [4.78, 5) is 11.7. The molecule has 20 heavy (non-hydrogen) atoms. The predicted molar refractivity (Wildman–Crippen MR) is 73.6 cm³/mol. The molecule has 2 heterocycles. The van der Waals surface area contributed by atoms with Gasteiger partial charge in [-0.15, -0.1) is 0 Å². The summed E-state index contributed by atoms with van der Waals surface area (Å²) in [6.45, 7) is 1.63. The molecule has 1 aromatic carbocycles. The first-order valence-electron chi connectivity index (χ1n) is 6.78. The topological polar surface area (TPSA) is 56.8 Å². The largest absolute Gasteiger partial charge is 0.454 e. The maximum Gasteiger partial charge on any atom is 0.244 e. The zero-order valence-corrected chi connectivity index (χ0v) is 11.1. The Kier molecular flexibility index (Phi) is 3.87. The molecule has 5 nitrogen and oxygen atoms in total. The SMILES string of the molecule is O=C(/C=C/c1ccc2c(c1)OCO2)NC[C@@H]1CCCO1. The van der Waals surface area contributed by atoms with Gasteiger partial charge in [0.1, 0.15) is 0 Å². The van der Waals surface area contributed by atoms with E-state index in [-0.39, 0.29) is 18.8 Å². The Morgan fingerprint density at radius 3 is 3.10 bits per heavy atom. The highest BCUT2D eigenvalue weighted by Crippen LogP contribution is 2.32. The van der Waals surface area contributed by atoms with E-state index in [1.54, 1.807) is 6.08 Å². The summed E-state index contributed by atoms with van der Waals surface area (Å²) in [5, 5.41) is 2.84. The van der Waals surface area contributed by atoms with Crippen LogP contribution >= 0.6 is 0 Å². The molecule has 106 valence electrons. The standard InChI is InChI=1S/C15H17NO4/c17-15(16-9-12-2-1-7-18-12)6-4-11-3-5-13-14(8-11)20-10-19-13/h3-6,8,12H,1-2,7,9-10H2,(H,16,17)/b6-4+/t12-/m0/s1. The lowest BCUT2D eigenvalue weighted by molar-refractivity contribution is -0.116. The lowest BCUT2D eigenvalue weighted by atomic mass is 10.2. The molecule has 0 aromatic heterocycles. The van der Waals surface area contributed by atoms with Gasteiger partial charge in [-0.25, -0.2) is 0 Å². The molecule has 2 aliphatic rings. The summed E-state index contributed by atoms with van der Waals surface area (Å²) in [6.07, 6.45) is 5.54. The molecule has 0 bridgehead atoms. The molecule has 1 aromatic rings. The number of ether oxygens (including phenoxy) is 3. The van der Waals surface area contributed by atoms with Crippen molar-refractivity contribution in [1.82, 2.24) is 5.32 Å². The number of fused-ring (bicyclic) bond motifs is 1. The quantitative estimate of drug-likeness (QED) is 0.850. The molecule has 1 fully saturated rings. The Hall–Kier alpha value is -2.01. The van der Waals surface area contributed by atoms with Gasteiger partial charge in [0.15, 0.2) is 11.5 Å². The molecule has 0 spiro atoms. The summed E-state index contributed by atoms with van der Waals surface area (Å²) in [7, 11) is 0. The number of rotatable bonds is 4. The summed E-state index contributed by atoms with van der Waals surface area (Å²) >= 11 is 0. The Morgan fingerprint density at radius 1 is 1.35 bits per heavy atom. The normalized spacial score (nSPS) is 20.5. The molecule has 1 N–H and O–H groups in total. The van der Waals surface area contributed by atoms with Crippen molar-refractivity contribution < 1.29 is 19.0 Å². The highest BCUT2D eigenvalue weighted by Gasteiger charge is 2.15. The number of carbonyl (C=O) groups is 1. The second kappa shape index (κ2) is 5.96. The lowest BCUT2D eigenvalue weighted by Crippen LogP contribution is -2.30. The molecule has 0 saturated carbocycles. The zero-order valence-electron chi connectivity index (χ0n) is 11.1. The Balaban J connectivity index is 1.52. The predicted octanol–water partition coefficient (Wildman–Crippen LogP) is 1.72. The minimum Gasteiger partial charge on any atom is -0.454 e. The molecular formula is C15H17NO4. The number of benzene rings is 1. The molecule has 1 atom stereocenters. The van der Waals surface area contributed by atoms with Crippen molar-refractivity contribution in [2.24, 2.45) is 0 Å². The maximum atomic E-state index is 11.7. The molecule has 0 unspecified atom stereocenters. The van der Waals surface area contributed by atoms with Crippen molar-refractivity contribution in [3.05, 3.63) is 29.8 Å². The molecule has 1 saturated heterocycles. The van der Waals surface area contributed by atoms with Gasteiger partial charge in [-0.05, 0) is 36.6 Å². The number of amides is 1. The third-order valence-electron chi connectivity index (χ3n) is 3.35. The van der Waals surface area contributed by atoms with Gasteiger partial charge in [0.05, 0.1) is 6.10 Å². The van der Waals surface area contributed by atoms with Crippen LogP contribution in [0.1, 0.15) is 18.4 Å². The first-order valence-corrected chi connectivity index (χ1v) is 6.78. The average molecular weight is 275 g/mol. The third-order valence-corrected chi connectivity index (χ3v) is 3.35.